The molecule has 0 spiro atoms. The van der Waals surface area contributed by atoms with Crippen molar-refractivity contribution in [2.75, 3.05) is 6.61 Å². The molecule has 1 aliphatic carbocycles. The first-order chi connectivity index (χ1) is 9.46. The molecule has 0 aromatic carbocycles. The van der Waals surface area contributed by atoms with Crippen LogP contribution < -0.4 is 5.32 Å². The predicted octanol–water partition coefficient (Wildman–Crippen LogP) is 1.60. The quantitative estimate of drug-likeness (QED) is 0.781. The molecule has 2 unspecified atom stereocenters. The molecule has 1 fully saturated rings. The lowest BCUT2D eigenvalue weighted by Gasteiger charge is -2.39. The molecule has 3 N–H and O–H groups in total. The van der Waals surface area contributed by atoms with Crippen LogP contribution in [0.5, 0.6) is 0 Å². The predicted molar refractivity (Wildman–Crippen MR) is 75.4 cm³/mol. The summed E-state index contributed by atoms with van der Waals surface area (Å²) in [7, 11) is 0. The van der Waals surface area contributed by atoms with Gasteiger partial charge in [-0.15, -0.1) is 5.10 Å². The molecular weight excluding hydrogens is 256 g/mol. The molecule has 2 rings (SSSR count). The van der Waals surface area contributed by atoms with Gasteiger partial charge in [-0.05, 0) is 18.8 Å². The number of aliphatic hydroxyl groups excluding tert-OH is 1. The minimum Gasteiger partial charge on any atom is -0.394 e. The SMILES string of the molecule is CC1CCCC(CO)(NC(=O)c2n[nH]c(C(C)C)n2)C1. The van der Waals surface area contributed by atoms with E-state index in [1.54, 1.807) is 0 Å². The van der Waals surface area contributed by atoms with Gasteiger partial charge in [0.2, 0.25) is 5.82 Å². The zero-order valence-electron chi connectivity index (χ0n) is 12.4. The van der Waals surface area contributed by atoms with E-state index in [1.807, 2.05) is 13.8 Å². The Hall–Kier alpha value is -1.43. The monoisotopic (exact) mass is 280 g/mol. The molecule has 1 aromatic heterocycles. The van der Waals surface area contributed by atoms with E-state index in [2.05, 4.69) is 27.4 Å². The van der Waals surface area contributed by atoms with Gasteiger partial charge in [0.15, 0.2) is 0 Å². The summed E-state index contributed by atoms with van der Waals surface area (Å²) in [6.45, 7) is 6.09. The van der Waals surface area contributed by atoms with E-state index >= 15 is 0 Å². The smallest absolute Gasteiger partial charge is 0.291 e. The van der Waals surface area contributed by atoms with Crippen LogP contribution in [0.15, 0.2) is 0 Å². The molecule has 0 radical (unpaired) electrons. The van der Waals surface area contributed by atoms with Crippen LogP contribution in [0, 0.1) is 5.92 Å². The van der Waals surface area contributed by atoms with Crippen LogP contribution in [0.2, 0.25) is 0 Å². The number of aromatic nitrogens is 3. The number of rotatable bonds is 4. The normalized spacial score (nSPS) is 26.8. The van der Waals surface area contributed by atoms with Gasteiger partial charge in [-0.25, -0.2) is 4.98 Å². The largest absolute Gasteiger partial charge is 0.394 e. The standard InChI is InChI=1S/C14H24N4O2/c1-9(2)11-15-12(18-17-11)13(20)16-14(8-19)6-4-5-10(3)7-14/h9-10,19H,4-8H2,1-3H3,(H,16,20)(H,15,17,18). The molecule has 20 heavy (non-hydrogen) atoms. The van der Waals surface area contributed by atoms with E-state index in [0.717, 1.165) is 25.7 Å². The van der Waals surface area contributed by atoms with E-state index < -0.39 is 5.54 Å². The Morgan fingerprint density at radius 2 is 2.35 bits per heavy atom. The third kappa shape index (κ3) is 3.17. The van der Waals surface area contributed by atoms with Crippen LogP contribution in [-0.2, 0) is 0 Å². The molecule has 0 saturated heterocycles. The second-order valence-corrected chi connectivity index (χ2v) is 6.29. The Kier molecular flexibility index (Phi) is 4.42. The second-order valence-electron chi connectivity index (χ2n) is 6.29. The molecule has 1 aliphatic rings. The van der Waals surface area contributed by atoms with Crippen LogP contribution in [0.4, 0.5) is 0 Å². The number of amides is 1. The summed E-state index contributed by atoms with van der Waals surface area (Å²) < 4.78 is 0. The maximum absolute atomic E-state index is 12.3. The van der Waals surface area contributed by atoms with Crippen molar-refractivity contribution in [2.45, 2.75) is 57.9 Å². The Morgan fingerprint density at radius 3 is 2.90 bits per heavy atom. The maximum atomic E-state index is 12.3. The number of hydrogen-bond acceptors (Lipinski definition) is 4. The number of nitrogens with zero attached hydrogens (tertiary/aromatic N) is 2. The van der Waals surface area contributed by atoms with E-state index in [0.29, 0.717) is 11.7 Å². The van der Waals surface area contributed by atoms with Gasteiger partial charge >= 0.3 is 0 Å². The maximum Gasteiger partial charge on any atom is 0.291 e. The third-order valence-electron chi connectivity index (χ3n) is 4.03. The number of aliphatic hydroxyl groups is 1. The molecule has 0 bridgehead atoms. The lowest BCUT2D eigenvalue weighted by Crippen LogP contribution is -2.54. The third-order valence-corrected chi connectivity index (χ3v) is 4.03. The van der Waals surface area contributed by atoms with Gasteiger partial charge in [-0.1, -0.05) is 33.6 Å². The van der Waals surface area contributed by atoms with E-state index in [1.165, 1.54) is 0 Å². The van der Waals surface area contributed by atoms with Crippen molar-refractivity contribution >= 4 is 5.91 Å². The van der Waals surface area contributed by atoms with Gasteiger partial charge in [0.25, 0.3) is 5.91 Å². The van der Waals surface area contributed by atoms with E-state index in [9.17, 15) is 9.90 Å². The highest BCUT2D eigenvalue weighted by atomic mass is 16.3. The topological polar surface area (TPSA) is 90.9 Å². The molecule has 1 amide bonds. The molecule has 6 nitrogen and oxygen atoms in total. The summed E-state index contributed by atoms with van der Waals surface area (Å²) in [6.07, 6.45) is 3.78. The van der Waals surface area contributed by atoms with Crippen LogP contribution in [0.25, 0.3) is 0 Å². The molecule has 1 heterocycles. The Balaban J connectivity index is 2.08. The summed E-state index contributed by atoms with van der Waals surface area (Å²) >= 11 is 0. The number of hydrogen-bond donors (Lipinski definition) is 3. The van der Waals surface area contributed by atoms with Crippen molar-refractivity contribution in [1.82, 2.24) is 20.5 Å². The van der Waals surface area contributed by atoms with Crippen LogP contribution >= 0.6 is 0 Å². The minimum absolute atomic E-state index is 0.0372. The van der Waals surface area contributed by atoms with Crippen molar-refractivity contribution in [3.63, 3.8) is 0 Å². The Labute approximate surface area is 119 Å². The summed E-state index contributed by atoms with van der Waals surface area (Å²) in [5.41, 5.74) is -0.520. The highest BCUT2D eigenvalue weighted by Gasteiger charge is 2.36. The summed E-state index contributed by atoms with van der Waals surface area (Å²) in [6, 6.07) is 0. The van der Waals surface area contributed by atoms with Gasteiger partial charge in [0.1, 0.15) is 5.82 Å². The molecule has 6 heteroatoms. The summed E-state index contributed by atoms with van der Waals surface area (Å²) in [5, 5.41) is 19.4. The van der Waals surface area contributed by atoms with Gasteiger partial charge in [0.05, 0.1) is 12.1 Å². The number of carbonyl (C=O) groups is 1. The van der Waals surface area contributed by atoms with E-state index in [-0.39, 0.29) is 24.3 Å². The fourth-order valence-electron chi connectivity index (χ4n) is 2.89. The molecule has 2 atom stereocenters. The van der Waals surface area contributed by atoms with E-state index in [4.69, 9.17) is 0 Å². The van der Waals surface area contributed by atoms with Crippen molar-refractivity contribution in [1.29, 1.82) is 0 Å². The number of H-pyrrole nitrogens is 1. The first-order valence-electron chi connectivity index (χ1n) is 7.31. The minimum atomic E-state index is -0.520. The van der Waals surface area contributed by atoms with Crippen LogP contribution in [0.1, 0.15) is 68.8 Å². The van der Waals surface area contributed by atoms with Crippen molar-refractivity contribution in [3.8, 4) is 0 Å². The average Bonchev–Trinajstić information content (AvgIpc) is 2.88. The van der Waals surface area contributed by atoms with Gasteiger partial charge in [-0.3, -0.25) is 9.89 Å². The molecular formula is C14H24N4O2. The summed E-state index contributed by atoms with van der Waals surface area (Å²) in [5.74, 6) is 1.25. The Bertz CT molecular complexity index is 471. The first-order valence-corrected chi connectivity index (χ1v) is 7.31. The fraction of sp³-hybridized carbons (Fsp3) is 0.786. The molecule has 112 valence electrons. The summed E-state index contributed by atoms with van der Waals surface area (Å²) in [4.78, 5) is 16.5. The van der Waals surface area contributed by atoms with Gasteiger partial charge < -0.3 is 10.4 Å². The lowest BCUT2D eigenvalue weighted by molar-refractivity contribution is 0.0688. The van der Waals surface area contributed by atoms with Gasteiger partial charge in [-0.2, -0.15) is 0 Å². The first kappa shape index (κ1) is 15.0. The lowest BCUT2D eigenvalue weighted by atomic mass is 9.77. The number of carbonyl (C=O) groups excluding carboxylic acids is 1. The highest BCUT2D eigenvalue weighted by Crippen LogP contribution is 2.32. The van der Waals surface area contributed by atoms with Crippen LogP contribution in [-0.4, -0.2) is 38.3 Å². The zero-order valence-corrected chi connectivity index (χ0v) is 12.4. The highest BCUT2D eigenvalue weighted by molar-refractivity contribution is 5.90. The molecule has 1 aromatic rings. The van der Waals surface area contributed by atoms with Crippen molar-refractivity contribution in [3.05, 3.63) is 11.6 Å². The number of nitrogens with one attached hydrogen (secondary N) is 2. The zero-order chi connectivity index (χ0) is 14.8. The average molecular weight is 280 g/mol. The van der Waals surface area contributed by atoms with Gasteiger partial charge in [0, 0.05) is 5.92 Å². The van der Waals surface area contributed by atoms with Crippen molar-refractivity contribution < 1.29 is 9.90 Å². The second kappa shape index (κ2) is 5.91. The van der Waals surface area contributed by atoms with Crippen molar-refractivity contribution in [2.24, 2.45) is 5.92 Å². The van der Waals surface area contributed by atoms with Crippen LogP contribution in [0.3, 0.4) is 0 Å². The molecule has 0 aliphatic heterocycles. The molecule has 1 saturated carbocycles. The fourth-order valence-corrected chi connectivity index (χ4v) is 2.89. The number of aromatic amines is 1. The Morgan fingerprint density at radius 1 is 1.60 bits per heavy atom.